The number of esters is 1. The Kier molecular flexibility index (Phi) is 5.65. The molecule has 2 aromatic carbocycles. The highest BCUT2D eigenvalue weighted by molar-refractivity contribution is 6.06. The third kappa shape index (κ3) is 3.99. The van der Waals surface area contributed by atoms with Crippen molar-refractivity contribution in [3.05, 3.63) is 70.2 Å². The number of ether oxygens (including phenoxy) is 1. The van der Waals surface area contributed by atoms with Crippen molar-refractivity contribution in [1.29, 1.82) is 0 Å². The number of carbonyl (C=O) groups is 1. The fourth-order valence-corrected chi connectivity index (χ4v) is 4.37. The van der Waals surface area contributed by atoms with Crippen LogP contribution in [0.15, 0.2) is 36.4 Å². The van der Waals surface area contributed by atoms with Gasteiger partial charge in [-0.2, -0.15) is 0 Å². The first kappa shape index (κ1) is 20.6. The Morgan fingerprint density at radius 1 is 1.07 bits per heavy atom. The van der Waals surface area contributed by atoms with Gasteiger partial charge in [0.2, 0.25) is 0 Å². The summed E-state index contributed by atoms with van der Waals surface area (Å²) in [6.07, 6.45) is 1.54. The van der Waals surface area contributed by atoms with Crippen LogP contribution in [-0.2, 0) is 17.6 Å². The largest absolute Gasteiger partial charge is 0.454 e. The first-order valence-electron chi connectivity index (χ1n) is 10.7. The average molecular weight is 409 g/mol. The molecule has 0 unspecified atom stereocenters. The number of rotatable bonds is 4. The quantitative estimate of drug-likeness (QED) is 0.593. The molecule has 0 saturated carbocycles. The van der Waals surface area contributed by atoms with Crippen LogP contribution in [0.3, 0.4) is 0 Å². The van der Waals surface area contributed by atoms with Crippen molar-refractivity contribution in [2.45, 2.75) is 52.7 Å². The zero-order valence-corrected chi connectivity index (χ0v) is 18.1. The molecule has 158 valence electrons. The van der Waals surface area contributed by atoms with Crippen molar-refractivity contribution < 1.29 is 13.9 Å². The van der Waals surface area contributed by atoms with Crippen LogP contribution in [0.2, 0.25) is 0 Å². The van der Waals surface area contributed by atoms with Gasteiger partial charge in [-0.05, 0) is 81.5 Å². The van der Waals surface area contributed by atoms with Crippen LogP contribution >= 0.6 is 0 Å². The average Bonchev–Trinajstić information content (AvgIpc) is 2.87. The predicted molar refractivity (Wildman–Crippen MR) is 117 cm³/mol. The molecule has 5 heteroatoms. The standard InChI is InChI=1S/C25H29FN2O2/c1-15(2)28-11-9-19-13-22-23(14-20(19)10-12-28)27-16(3)24(22)25(29)30-17(4)18-5-7-21(26)8-6-18/h5-8,13-15,17,27H,9-12H2,1-4H3/t17-/m0/s1. The first-order chi connectivity index (χ1) is 14.3. The number of carbonyl (C=O) groups excluding carboxylic acids is 1. The molecular formula is C25H29FN2O2. The van der Waals surface area contributed by atoms with Gasteiger partial charge in [-0.1, -0.05) is 12.1 Å². The molecular weight excluding hydrogens is 379 g/mol. The monoisotopic (exact) mass is 408 g/mol. The minimum absolute atomic E-state index is 0.304. The number of aromatic nitrogens is 1. The molecule has 4 nitrogen and oxygen atoms in total. The van der Waals surface area contributed by atoms with Gasteiger partial charge in [-0.25, -0.2) is 9.18 Å². The third-order valence-corrected chi connectivity index (χ3v) is 6.20. The van der Waals surface area contributed by atoms with Gasteiger partial charge in [0.15, 0.2) is 0 Å². The highest BCUT2D eigenvalue weighted by Gasteiger charge is 2.23. The molecule has 0 amide bonds. The number of nitrogens with zero attached hydrogens (tertiary/aromatic N) is 1. The predicted octanol–water partition coefficient (Wildman–Crippen LogP) is 5.34. The number of halogens is 1. The topological polar surface area (TPSA) is 45.3 Å². The maximum absolute atomic E-state index is 13.2. The zero-order chi connectivity index (χ0) is 21.4. The van der Waals surface area contributed by atoms with Crippen molar-refractivity contribution in [1.82, 2.24) is 9.88 Å². The number of benzene rings is 2. The summed E-state index contributed by atoms with van der Waals surface area (Å²) in [5.74, 6) is -0.658. The maximum atomic E-state index is 13.2. The van der Waals surface area contributed by atoms with Crippen molar-refractivity contribution in [3.63, 3.8) is 0 Å². The van der Waals surface area contributed by atoms with Gasteiger partial charge in [-0.3, -0.25) is 0 Å². The number of aromatic amines is 1. The Labute approximate surface area is 177 Å². The summed E-state index contributed by atoms with van der Waals surface area (Å²) in [4.78, 5) is 18.9. The van der Waals surface area contributed by atoms with E-state index in [1.807, 2.05) is 13.8 Å². The first-order valence-corrected chi connectivity index (χ1v) is 10.7. The van der Waals surface area contributed by atoms with Crippen LogP contribution < -0.4 is 0 Å². The Hall–Kier alpha value is -2.66. The molecule has 2 heterocycles. The smallest absolute Gasteiger partial charge is 0.341 e. The molecule has 0 aliphatic carbocycles. The number of nitrogens with one attached hydrogen (secondary N) is 1. The summed E-state index contributed by atoms with van der Waals surface area (Å²) in [5, 5.41) is 0.917. The van der Waals surface area contributed by atoms with Gasteiger partial charge in [-0.15, -0.1) is 0 Å². The lowest BCUT2D eigenvalue weighted by Crippen LogP contribution is -2.32. The highest BCUT2D eigenvalue weighted by Crippen LogP contribution is 2.30. The molecule has 1 N–H and O–H groups in total. The van der Waals surface area contributed by atoms with E-state index in [9.17, 15) is 9.18 Å². The molecule has 1 aromatic heterocycles. The fraction of sp³-hybridized carbons (Fsp3) is 0.400. The van der Waals surface area contributed by atoms with E-state index in [2.05, 4.69) is 35.9 Å². The van der Waals surface area contributed by atoms with E-state index in [0.717, 1.165) is 48.1 Å². The van der Waals surface area contributed by atoms with Gasteiger partial charge >= 0.3 is 5.97 Å². The van der Waals surface area contributed by atoms with E-state index in [-0.39, 0.29) is 11.8 Å². The molecule has 3 aromatic rings. The Balaban J connectivity index is 1.62. The Morgan fingerprint density at radius 3 is 2.33 bits per heavy atom. The van der Waals surface area contributed by atoms with Gasteiger partial charge < -0.3 is 14.6 Å². The lowest BCUT2D eigenvalue weighted by molar-refractivity contribution is 0.0339. The molecule has 0 fully saturated rings. The SMILES string of the molecule is Cc1[nH]c2cc3c(cc2c1C(=O)O[C@@H](C)c1ccc(F)cc1)CCN(C(C)C)CC3. The van der Waals surface area contributed by atoms with Crippen LogP contribution in [0.25, 0.3) is 10.9 Å². The van der Waals surface area contributed by atoms with Crippen LogP contribution in [0.5, 0.6) is 0 Å². The zero-order valence-electron chi connectivity index (χ0n) is 18.1. The summed E-state index contributed by atoms with van der Waals surface area (Å²) < 4.78 is 18.9. The van der Waals surface area contributed by atoms with E-state index in [4.69, 9.17) is 4.74 Å². The normalized spacial score (nSPS) is 15.8. The molecule has 0 spiro atoms. The molecule has 1 atom stereocenters. The second kappa shape index (κ2) is 8.23. The van der Waals surface area contributed by atoms with Crippen molar-refractivity contribution in [3.8, 4) is 0 Å². The fourth-order valence-electron chi connectivity index (χ4n) is 4.37. The summed E-state index contributed by atoms with van der Waals surface area (Å²) in [6, 6.07) is 11.0. The highest BCUT2D eigenvalue weighted by atomic mass is 19.1. The van der Waals surface area contributed by atoms with Gasteiger partial charge in [0, 0.05) is 35.7 Å². The molecule has 30 heavy (non-hydrogen) atoms. The summed E-state index contributed by atoms with van der Waals surface area (Å²) in [6.45, 7) is 10.3. The Bertz CT molecular complexity index is 1070. The van der Waals surface area contributed by atoms with E-state index >= 15 is 0 Å². The number of aryl methyl sites for hydroxylation is 1. The van der Waals surface area contributed by atoms with Gasteiger partial charge in [0.1, 0.15) is 11.9 Å². The van der Waals surface area contributed by atoms with Crippen molar-refractivity contribution >= 4 is 16.9 Å². The summed E-state index contributed by atoms with van der Waals surface area (Å²) in [7, 11) is 0. The third-order valence-electron chi connectivity index (χ3n) is 6.20. The molecule has 0 radical (unpaired) electrons. The molecule has 1 aliphatic rings. The van der Waals surface area contributed by atoms with E-state index in [0.29, 0.717) is 11.6 Å². The summed E-state index contributed by atoms with van der Waals surface area (Å²) in [5.41, 5.74) is 5.81. The van der Waals surface area contributed by atoms with Crippen molar-refractivity contribution in [2.24, 2.45) is 0 Å². The van der Waals surface area contributed by atoms with Crippen molar-refractivity contribution in [2.75, 3.05) is 13.1 Å². The van der Waals surface area contributed by atoms with Crippen LogP contribution in [-0.4, -0.2) is 35.0 Å². The van der Waals surface area contributed by atoms with Gasteiger partial charge in [0.25, 0.3) is 0 Å². The minimum Gasteiger partial charge on any atom is -0.454 e. The molecule has 1 aliphatic heterocycles. The van der Waals surface area contributed by atoms with E-state index in [1.54, 1.807) is 12.1 Å². The summed E-state index contributed by atoms with van der Waals surface area (Å²) >= 11 is 0. The van der Waals surface area contributed by atoms with Crippen LogP contribution in [0.1, 0.15) is 59.6 Å². The lowest BCUT2D eigenvalue weighted by atomic mass is 9.99. The number of hydrogen-bond acceptors (Lipinski definition) is 3. The van der Waals surface area contributed by atoms with Crippen LogP contribution in [0, 0.1) is 12.7 Å². The number of H-pyrrole nitrogens is 1. The van der Waals surface area contributed by atoms with Crippen LogP contribution in [0.4, 0.5) is 4.39 Å². The lowest BCUT2D eigenvalue weighted by Gasteiger charge is -2.23. The second-order valence-corrected chi connectivity index (χ2v) is 8.52. The number of hydrogen-bond donors (Lipinski definition) is 1. The number of fused-ring (bicyclic) bond motifs is 2. The molecule has 0 saturated heterocycles. The molecule has 4 rings (SSSR count). The van der Waals surface area contributed by atoms with E-state index in [1.165, 1.54) is 23.3 Å². The van der Waals surface area contributed by atoms with E-state index < -0.39 is 6.10 Å². The minimum atomic E-state index is -0.456. The second-order valence-electron chi connectivity index (χ2n) is 8.52. The van der Waals surface area contributed by atoms with Gasteiger partial charge in [0.05, 0.1) is 5.56 Å². The maximum Gasteiger partial charge on any atom is 0.341 e. The molecule has 0 bridgehead atoms. The Morgan fingerprint density at radius 2 is 1.70 bits per heavy atom.